The molecule has 130 valence electrons. The molecule has 24 heavy (non-hydrogen) atoms. The van der Waals surface area contributed by atoms with Crippen LogP contribution >= 0.6 is 11.3 Å². The van der Waals surface area contributed by atoms with E-state index in [9.17, 15) is 4.79 Å². The molecule has 1 aromatic heterocycles. The summed E-state index contributed by atoms with van der Waals surface area (Å²) in [6, 6.07) is 10.7. The summed E-state index contributed by atoms with van der Waals surface area (Å²) in [4.78, 5) is 14.3. The fourth-order valence-electron chi connectivity index (χ4n) is 2.78. The van der Waals surface area contributed by atoms with E-state index in [0.717, 1.165) is 18.5 Å². The number of nitrogens with zero attached hydrogens (tertiary/aromatic N) is 1. The predicted octanol–water partition coefficient (Wildman–Crippen LogP) is 4.26. The van der Waals surface area contributed by atoms with Crippen LogP contribution in [0.4, 0.5) is 0 Å². The van der Waals surface area contributed by atoms with Gasteiger partial charge in [0.1, 0.15) is 0 Å². The first kappa shape index (κ1) is 18.7. The highest BCUT2D eigenvalue weighted by atomic mass is 32.1. The summed E-state index contributed by atoms with van der Waals surface area (Å²) < 4.78 is 0. The average Bonchev–Trinajstić information content (AvgIpc) is 2.99. The van der Waals surface area contributed by atoms with Crippen LogP contribution in [0.2, 0.25) is 0 Å². The van der Waals surface area contributed by atoms with Crippen LogP contribution in [-0.2, 0) is 17.8 Å². The van der Waals surface area contributed by atoms with Crippen LogP contribution in [0.25, 0.3) is 0 Å². The maximum absolute atomic E-state index is 12.2. The second-order valence-corrected chi connectivity index (χ2v) is 7.71. The molecule has 1 N–H and O–H groups in total. The van der Waals surface area contributed by atoms with Gasteiger partial charge in [-0.3, -0.25) is 9.69 Å². The molecule has 1 heterocycles. The normalized spacial score (nSPS) is 12.6. The molecule has 0 saturated carbocycles. The van der Waals surface area contributed by atoms with Crippen LogP contribution in [0, 0.1) is 5.92 Å². The van der Waals surface area contributed by atoms with Gasteiger partial charge in [0.15, 0.2) is 0 Å². The third-order valence-corrected chi connectivity index (χ3v) is 4.68. The van der Waals surface area contributed by atoms with Crippen molar-refractivity contribution in [3.05, 3.63) is 57.8 Å². The molecule has 4 heteroatoms. The van der Waals surface area contributed by atoms with Crippen molar-refractivity contribution in [1.29, 1.82) is 0 Å². The van der Waals surface area contributed by atoms with Crippen molar-refractivity contribution in [1.82, 2.24) is 10.2 Å². The van der Waals surface area contributed by atoms with Gasteiger partial charge >= 0.3 is 0 Å². The van der Waals surface area contributed by atoms with E-state index in [2.05, 4.69) is 60.3 Å². The second-order valence-electron chi connectivity index (χ2n) is 6.93. The van der Waals surface area contributed by atoms with Gasteiger partial charge in [-0.05, 0) is 59.8 Å². The van der Waals surface area contributed by atoms with E-state index >= 15 is 0 Å². The zero-order valence-electron chi connectivity index (χ0n) is 15.1. The molecule has 1 aromatic carbocycles. The Morgan fingerprint density at radius 3 is 2.42 bits per heavy atom. The SMILES string of the molecule is CC(C)Cc1ccc([C@@H](C)NC(=O)CN(C)Cc2ccsc2)cc1. The number of nitrogens with one attached hydrogen (secondary N) is 1. The Labute approximate surface area is 149 Å². The molecule has 2 aromatic rings. The second kappa shape index (κ2) is 9.00. The number of thiophene rings is 1. The van der Waals surface area contributed by atoms with Crippen molar-refractivity contribution in [2.45, 2.75) is 39.8 Å². The Kier molecular flexibility index (Phi) is 7.00. The van der Waals surface area contributed by atoms with Gasteiger partial charge in [0, 0.05) is 6.54 Å². The smallest absolute Gasteiger partial charge is 0.234 e. The lowest BCUT2D eigenvalue weighted by Crippen LogP contribution is -2.36. The van der Waals surface area contributed by atoms with Gasteiger partial charge in [-0.15, -0.1) is 0 Å². The molecule has 0 saturated heterocycles. The molecule has 3 nitrogen and oxygen atoms in total. The van der Waals surface area contributed by atoms with E-state index < -0.39 is 0 Å². The van der Waals surface area contributed by atoms with Gasteiger partial charge in [-0.1, -0.05) is 38.1 Å². The largest absolute Gasteiger partial charge is 0.348 e. The standard InChI is InChI=1S/C20H28N2OS/c1-15(2)11-17-5-7-19(8-6-17)16(3)21-20(23)13-22(4)12-18-9-10-24-14-18/h5-10,14-16H,11-13H2,1-4H3,(H,21,23)/t16-/m1/s1. The topological polar surface area (TPSA) is 32.3 Å². The number of rotatable bonds is 8. The summed E-state index contributed by atoms with van der Waals surface area (Å²) in [5.41, 5.74) is 3.75. The minimum absolute atomic E-state index is 0.0279. The van der Waals surface area contributed by atoms with Crippen LogP contribution in [-0.4, -0.2) is 24.4 Å². The Balaban J connectivity index is 1.82. The van der Waals surface area contributed by atoms with Crippen LogP contribution in [0.3, 0.4) is 0 Å². The molecular weight excluding hydrogens is 316 g/mol. The fourth-order valence-corrected chi connectivity index (χ4v) is 3.44. The third kappa shape index (κ3) is 6.10. The number of hydrogen-bond acceptors (Lipinski definition) is 3. The van der Waals surface area contributed by atoms with Crippen LogP contribution in [0.1, 0.15) is 43.5 Å². The van der Waals surface area contributed by atoms with E-state index in [1.54, 1.807) is 11.3 Å². The molecule has 1 amide bonds. The number of carbonyl (C=O) groups excluding carboxylic acids is 1. The highest BCUT2D eigenvalue weighted by Crippen LogP contribution is 2.15. The maximum Gasteiger partial charge on any atom is 0.234 e. The highest BCUT2D eigenvalue weighted by Gasteiger charge is 2.12. The van der Waals surface area contributed by atoms with Gasteiger partial charge in [0.25, 0.3) is 0 Å². The van der Waals surface area contributed by atoms with E-state index in [4.69, 9.17) is 0 Å². The Bertz CT molecular complexity index is 620. The first-order valence-corrected chi connectivity index (χ1v) is 9.46. The van der Waals surface area contributed by atoms with Gasteiger partial charge in [0.2, 0.25) is 5.91 Å². The Morgan fingerprint density at radius 1 is 1.12 bits per heavy atom. The van der Waals surface area contributed by atoms with Gasteiger partial charge in [-0.2, -0.15) is 11.3 Å². The number of carbonyl (C=O) groups is 1. The first-order chi connectivity index (χ1) is 11.4. The van der Waals surface area contributed by atoms with E-state index in [-0.39, 0.29) is 11.9 Å². The minimum atomic E-state index is 0.0279. The maximum atomic E-state index is 12.2. The zero-order valence-corrected chi connectivity index (χ0v) is 15.9. The molecule has 2 rings (SSSR count). The van der Waals surface area contributed by atoms with Crippen molar-refractivity contribution in [2.24, 2.45) is 5.92 Å². The Hall–Kier alpha value is -1.65. The summed E-state index contributed by atoms with van der Waals surface area (Å²) >= 11 is 1.69. The molecule has 1 atom stereocenters. The summed E-state index contributed by atoms with van der Waals surface area (Å²) in [5.74, 6) is 0.721. The number of likely N-dealkylation sites (N-methyl/N-ethyl adjacent to an activating group) is 1. The van der Waals surface area contributed by atoms with Crippen LogP contribution in [0.5, 0.6) is 0 Å². The molecule has 0 radical (unpaired) electrons. The molecule has 0 aliphatic heterocycles. The summed E-state index contributed by atoms with van der Waals surface area (Å²) in [7, 11) is 1.97. The Morgan fingerprint density at radius 2 is 1.83 bits per heavy atom. The van der Waals surface area contributed by atoms with Crippen molar-refractivity contribution >= 4 is 17.2 Å². The molecular formula is C20H28N2OS. The molecule has 0 bridgehead atoms. The first-order valence-electron chi connectivity index (χ1n) is 8.52. The highest BCUT2D eigenvalue weighted by molar-refractivity contribution is 7.07. The third-order valence-electron chi connectivity index (χ3n) is 3.95. The lowest BCUT2D eigenvalue weighted by atomic mass is 10.00. The predicted molar refractivity (Wildman–Crippen MR) is 102 cm³/mol. The monoisotopic (exact) mass is 344 g/mol. The summed E-state index contributed by atoms with van der Waals surface area (Å²) in [6.07, 6.45) is 1.09. The van der Waals surface area contributed by atoms with Gasteiger partial charge in [-0.25, -0.2) is 0 Å². The van der Waals surface area contributed by atoms with Gasteiger partial charge in [0.05, 0.1) is 12.6 Å². The van der Waals surface area contributed by atoms with E-state index in [0.29, 0.717) is 12.5 Å². The minimum Gasteiger partial charge on any atom is -0.348 e. The van der Waals surface area contributed by atoms with Crippen molar-refractivity contribution in [2.75, 3.05) is 13.6 Å². The van der Waals surface area contributed by atoms with E-state index in [1.165, 1.54) is 11.1 Å². The average molecular weight is 345 g/mol. The van der Waals surface area contributed by atoms with Gasteiger partial charge < -0.3 is 5.32 Å². The summed E-state index contributed by atoms with van der Waals surface area (Å²) in [6.45, 7) is 7.70. The lowest BCUT2D eigenvalue weighted by Gasteiger charge is -2.19. The van der Waals surface area contributed by atoms with Crippen LogP contribution in [0.15, 0.2) is 41.1 Å². The molecule has 0 fully saturated rings. The van der Waals surface area contributed by atoms with E-state index in [1.807, 2.05) is 18.9 Å². The zero-order chi connectivity index (χ0) is 17.5. The molecule has 0 unspecified atom stereocenters. The van der Waals surface area contributed by atoms with Crippen molar-refractivity contribution in [3.8, 4) is 0 Å². The number of benzene rings is 1. The van der Waals surface area contributed by atoms with Crippen LogP contribution < -0.4 is 5.32 Å². The fraction of sp³-hybridized carbons (Fsp3) is 0.450. The molecule has 0 aliphatic carbocycles. The molecule has 0 aliphatic rings. The summed E-state index contributed by atoms with van der Waals surface area (Å²) in [5, 5.41) is 7.27. The van der Waals surface area contributed by atoms with Crippen molar-refractivity contribution < 1.29 is 4.79 Å². The quantitative estimate of drug-likeness (QED) is 0.776. The van der Waals surface area contributed by atoms with Crippen molar-refractivity contribution in [3.63, 3.8) is 0 Å². The molecule has 0 spiro atoms. The number of hydrogen-bond donors (Lipinski definition) is 1. The lowest BCUT2D eigenvalue weighted by molar-refractivity contribution is -0.122. The number of amides is 1.